The summed E-state index contributed by atoms with van der Waals surface area (Å²) in [6.45, 7) is 2.08. The predicted molar refractivity (Wildman–Crippen MR) is 120 cm³/mol. The van der Waals surface area contributed by atoms with Crippen LogP contribution in [0, 0.1) is 0 Å². The van der Waals surface area contributed by atoms with Gasteiger partial charge in [-0.15, -0.1) is 0 Å². The Labute approximate surface area is 188 Å². The maximum Gasteiger partial charge on any atom is 0.253 e. The summed E-state index contributed by atoms with van der Waals surface area (Å²) in [6, 6.07) is 10.8. The topological polar surface area (TPSA) is 77.5 Å². The van der Waals surface area contributed by atoms with Crippen molar-refractivity contribution in [1.29, 1.82) is 0 Å². The summed E-state index contributed by atoms with van der Waals surface area (Å²) in [6.07, 6.45) is 0.922. The number of hydrogen-bond acceptors (Lipinski definition) is 6. The van der Waals surface area contributed by atoms with Crippen LogP contribution in [0.2, 0.25) is 0 Å². The highest BCUT2D eigenvalue weighted by molar-refractivity contribution is 5.94. The molecule has 32 heavy (non-hydrogen) atoms. The average Bonchev–Trinajstić information content (AvgIpc) is 2.86. The van der Waals surface area contributed by atoms with E-state index in [1.807, 2.05) is 17.0 Å². The van der Waals surface area contributed by atoms with Gasteiger partial charge in [0.15, 0.2) is 11.5 Å². The number of ether oxygens (including phenoxy) is 4. The van der Waals surface area contributed by atoms with E-state index in [4.69, 9.17) is 18.9 Å². The summed E-state index contributed by atoms with van der Waals surface area (Å²) in [5.74, 6) is 2.42. The van der Waals surface area contributed by atoms with Crippen molar-refractivity contribution in [2.75, 3.05) is 54.6 Å². The Morgan fingerprint density at radius 1 is 0.781 bits per heavy atom. The van der Waals surface area contributed by atoms with Gasteiger partial charge < -0.3 is 28.7 Å². The number of rotatable bonds is 8. The van der Waals surface area contributed by atoms with Gasteiger partial charge in [0.25, 0.3) is 5.91 Å². The normalized spacial score (nSPS) is 13.5. The third-order valence-corrected chi connectivity index (χ3v) is 5.61. The maximum absolute atomic E-state index is 12.7. The first kappa shape index (κ1) is 23.2. The first-order chi connectivity index (χ1) is 15.5. The zero-order valence-corrected chi connectivity index (χ0v) is 19.1. The number of carbonyl (C=O) groups excluding carboxylic acids is 2. The zero-order chi connectivity index (χ0) is 23.1. The minimum atomic E-state index is -0.0304. The second-order valence-corrected chi connectivity index (χ2v) is 7.44. The lowest BCUT2D eigenvalue weighted by Gasteiger charge is -2.35. The van der Waals surface area contributed by atoms with E-state index in [1.54, 1.807) is 57.6 Å². The summed E-state index contributed by atoms with van der Waals surface area (Å²) in [5.41, 5.74) is 1.55. The fraction of sp³-hybridized carbons (Fsp3) is 0.417. The molecular formula is C24H30N2O6. The summed E-state index contributed by atoms with van der Waals surface area (Å²) in [4.78, 5) is 29.0. The van der Waals surface area contributed by atoms with Gasteiger partial charge in [-0.2, -0.15) is 0 Å². The van der Waals surface area contributed by atoms with Crippen LogP contribution in [-0.2, 0) is 11.2 Å². The van der Waals surface area contributed by atoms with Crippen molar-refractivity contribution in [3.63, 3.8) is 0 Å². The predicted octanol–water partition coefficient (Wildman–Crippen LogP) is 2.64. The molecule has 0 aliphatic carbocycles. The molecule has 2 aromatic rings. The lowest BCUT2D eigenvalue weighted by atomic mass is 10.1. The van der Waals surface area contributed by atoms with Crippen molar-refractivity contribution in [2.24, 2.45) is 0 Å². The van der Waals surface area contributed by atoms with E-state index >= 15 is 0 Å². The van der Waals surface area contributed by atoms with Crippen LogP contribution in [0.5, 0.6) is 23.0 Å². The van der Waals surface area contributed by atoms with E-state index in [0.717, 1.165) is 5.56 Å². The van der Waals surface area contributed by atoms with Gasteiger partial charge in [-0.25, -0.2) is 0 Å². The Kier molecular flexibility index (Phi) is 7.81. The van der Waals surface area contributed by atoms with Gasteiger partial charge in [-0.05, 0) is 48.4 Å². The van der Waals surface area contributed by atoms with E-state index in [1.165, 1.54) is 0 Å². The van der Waals surface area contributed by atoms with Crippen LogP contribution < -0.4 is 18.9 Å². The molecule has 0 saturated carbocycles. The van der Waals surface area contributed by atoms with Crippen molar-refractivity contribution in [1.82, 2.24) is 9.80 Å². The molecule has 0 atom stereocenters. The second kappa shape index (κ2) is 10.7. The number of nitrogens with zero attached hydrogens (tertiary/aromatic N) is 2. The van der Waals surface area contributed by atoms with Crippen LogP contribution in [0.4, 0.5) is 0 Å². The molecule has 0 bridgehead atoms. The van der Waals surface area contributed by atoms with Gasteiger partial charge in [0.1, 0.15) is 5.75 Å². The van der Waals surface area contributed by atoms with E-state index < -0.39 is 0 Å². The van der Waals surface area contributed by atoms with Crippen LogP contribution in [0.1, 0.15) is 22.3 Å². The molecule has 1 aliphatic heterocycles. The van der Waals surface area contributed by atoms with Crippen molar-refractivity contribution in [2.45, 2.75) is 12.8 Å². The van der Waals surface area contributed by atoms with E-state index in [-0.39, 0.29) is 11.8 Å². The molecule has 0 spiro atoms. The first-order valence-electron chi connectivity index (χ1n) is 10.5. The van der Waals surface area contributed by atoms with Gasteiger partial charge in [0.2, 0.25) is 11.7 Å². The molecule has 0 N–H and O–H groups in total. The number of methoxy groups -OCH3 is 4. The van der Waals surface area contributed by atoms with Crippen molar-refractivity contribution >= 4 is 11.8 Å². The number of carbonyl (C=O) groups is 2. The molecule has 3 rings (SSSR count). The highest BCUT2D eigenvalue weighted by Crippen LogP contribution is 2.38. The summed E-state index contributed by atoms with van der Waals surface area (Å²) >= 11 is 0. The molecule has 0 radical (unpaired) electrons. The smallest absolute Gasteiger partial charge is 0.253 e. The minimum Gasteiger partial charge on any atom is -0.497 e. The van der Waals surface area contributed by atoms with Crippen LogP contribution in [0.15, 0.2) is 36.4 Å². The summed E-state index contributed by atoms with van der Waals surface area (Å²) < 4.78 is 21.2. The van der Waals surface area contributed by atoms with E-state index in [2.05, 4.69) is 0 Å². The van der Waals surface area contributed by atoms with Crippen LogP contribution in [0.3, 0.4) is 0 Å². The fourth-order valence-electron chi connectivity index (χ4n) is 3.76. The molecule has 1 saturated heterocycles. The largest absolute Gasteiger partial charge is 0.497 e. The molecule has 0 aromatic heterocycles. The number of aryl methyl sites for hydroxylation is 1. The Bertz CT molecular complexity index is 911. The lowest BCUT2D eigenvalue weighted by molar-refractivity contribution is -0.132. The standard InChI is InChI=1S/C24H30N2O6/c1-29-19-8-6-18(7-9-19)24(28)26-13-11-25(12-14-26)22(27)10-5-17-15-20(30-2)23(32-4)21(16-17)31-3/h6-9,15-16H,5,10-14H2,1-4H3. The fourth-order valence-corrected chi connectivity index (χ4v) is 3.76. The second-order valence-electron chi connectivity index (χ2n) is 7.44. The van der Waals surface area contributed by atoms with Gasteiger partial charge >= 0.3 is 0 Å². The Morgan fingerprint density at radius 2 is 1.34 bits per heavy atom. The molecule has 2 aromatic carbocycles. The third-order valence-electron chi connectivity index (χ3n) is 5.61. The third kappa shape index (κ3) is 5.25. The van der Waals surface area contributed by atoms with Crippen LogP contribution >= 0.6 is 0 Å². The van der Waals surface area contributed by atoms with Crippen molar-refractivity contribution in [3.05, 3.63) is 47.5 Å². The summed E-state index contributed by atoms with van der Waals surface area (Å²) in [7, 11) is 6.29. The highest BCUT2D eigenvalue weighted by atomic mass is 16.5. The molecule has 1 fully saturated rings. The van der Waals surface area contributed by atoms with Crippen LogP contribution in [0.25, 0.3) is 0 Å². The van der Waals surface area contributed by atoms with Gasteiger partial charge in [-0.3, -0.25) is 9.59 Å². The van der Waals surface area contributed by atoms with Crippen LogP contribution in [-0.4, -0.2) is 76.2 Å². The SMILES string of the molecule is COc1ccc(C(=O)N2CCN(C(=O)CCc3cc(OC)c(OC)c(OC)c3)CC2)cc1. The number of hydrogen-bond donors (Lipinski definition) is 0. The zero-order valence-electron chi connectivity index (χ0n) is 19.1. The average molecular weight is 443 g/mol. The van der Waals surface area contributed by atoms with Gasteiger partial charge in [0.05, 0.1) is 28.4 Å². The van der Waals surface area contributed by atoms with Crippen molar-refractivity contribution < 1.29 is 28.5 Å². The number of amides is 2. The molecule has 172 valence electrons. The molecule has 1 aliphatic rings. The highest BCUT2D eigenvalue weighted by Gasteiger charge is 2.25. The Hall–Kier alpha value is -3.42. The van der Waals surface area contributed by atoms with Crippen molar-refractivity contribution in [3.8, 4) is 23.0 Å². The quantitative estimate of drug-likeness (QED) is 0.626. The van der Waals surface area contributed by atoms with E-state index in [9.17, 15) is 9.59 Å². The van der Waals surface area contributed by atoms with Gasteiger partial charge in [0, 0.05) is 38.2 Å². The molecule has 2 amide bonds. The molecule has 8 heteroatoms. The number of piperazine rings is 1. The Balaban J connectivity index is 1.54. The lowest BCUT2D eigenvalue weighted by Crippen LogP contribution is -2.50. The minimum absolute atomic E-state index is 0.0304. The summed E-state index contributed by atoms with van der Waals surface area (Å²) in [5, 5.41) is 0. The molecule has 1 heterocycles. The Morgan fingerprint density at radius 3 is 1.84 bits per heavy atom. The van der Waals surface area contributed by atoms with E-state index in [0.29, 0.717) is 67.6 Å². The molecule has 0 unspecified atom stereocenters. The number of benzene rings is 2. The first-order valence-corrected chi connectivity index (χ1v) is 10.5. The molecular weight excluding hydrogens is 412 g/mol. The maximum atomic E-state index is 12.7. The molecule has 8 nitrogen and oxygen atoms in total. The monoisotopic (exact) mass is 442 g/mol. The van der Waals surface area contributed by atoms with Gasteiger partial charge in [-0.1, -0.05) is 0 Å².